The molecular weight excluding hydrogens is 302 g/mol. The highest BCUT2D eigenvalue weighted by molar-refractivity contribution is 7.82. The Morgan fingerprint density at radius 2 is 2.21 bits per heavy atom. The van der Waals surface area contributed by atoms with E-state index < -0.39 is 0 Å². The van der Waals surface area contributed by atoms with E-state index in [1.165, 1.54) is 11.3 Å². The zero-order chi connectivity index (χ0) is 14.0. The van der Waals surface area contributed by atoms with Crippen LogP contribution in [-0.4, -0.2) is 6.03 Å². The molecule has 7 heteroatoms. The summed E-state index contributed by atoms with van der Waals surface area (Å²) in [7, 11) is 0. The molecule has 0 aliphatic heterocycles. The van der Waals surface area contributed by atoms with E-state index in [1.54, 1.807) is 18.2 Å². The molecule has 19 heavy (non-hydrogen) atoms. The van der Waals surface area contributed by atoms with E-state index in [4.69, 9.17) is 17.3 Å². The molecule has 0 aliphatic carbocycles. The van der Waals surface area contributed by atoms with E-state index in [-0.39, 0.29) is 6.03 Å². The SMILES string of the molecule is Cc1cscc1NC(=O)N(S)c1cccc(Cl)c1N. The Labute approximate surface area is 125 Å². The van der Waals surface area contributed by atoms with Crippen molar-refractivity contribution in [1.29, 1.82) is 0 Å². The first kappa shape index (κ1) is 14.0. The monoisotopic (exact) mass is 313 g/mol. The summed E-state index contributed by atoms with van der Waals surface area (Å²) in [6, 6.07) is 4.65. The second-order valence-electron chi connectivity index (χ2n) is 3.88. The molecule has 0 aliphatic rings. The van der Waals surface area contributed by atoms with Crippen LogP contribution in [0.2, 0.25) is 5.02 Å². The van der Waals surface area contributed by atoms with E-state index in [0.717, 1.165) is 15.6 Å². The molecular formula is C12H12ClN3OS2. The van der Waals surface area contributed by atoms with Gasteiger partial charge in [-0.05, 0) is 30.0 Å². The lowest BCUT2D eigenvalue weighted by atomic mass is 10.2. The number of benzene rings is 1. The highest BCUT2D eigenvalue weighted by atomic mass is 35.5. The van der Waals surface area contributed by atoms with E-state index >= 15 is 0 Å². The molecule has 3 N–H and O–H groups in total. The molecule has 0 unspecified atom stereocenters. The normalized spacial score (nSPS) is 10.3. The van der Waals surface area contributed by atoms with Crippen LogP contribution in [0.1, 0.15) is 5.56 Å². The van der Waals surface area contributed by atoms with Crippen LogP contribution >= 0.6 is 35.8 Å². The molecule has 1 heterocycles. The van der Waals surface area contributed by atoms with E-state index in [1.807, 2.05) is 17.7 Å². The van der Waals surface area contributed by atoms with Crippen molar-refractivity contribution in [2.24, 2.45) is 0 Å². The third-order valence-electron chi connectivity index (χ3n) is 2.55. The fourth-order valence-electron chi connectivity index (χ4n) is 1.48. The Bertz CT molecular complexity index is 615. The van der Waals surface area contributed by atoms with Gasteiger partial charge in [0.1, 0.15) is 0 Å². The highest BCUT2D eigenvalue weighted by Gasteiger charge is 2.16. The summed E-state index contributed by atoms with van der Waals surface area (Å²) in [5.41, 5.74) is 8.34. The number of nitrogens with one attached hydrogen (secondary N) is 1. The van der Waals surface area contributed by atoms with Crippen molar-refractivity contribution in [3.05, 3.63) is 39.5 Å². The van der Waals surface area contributed by atoms with Gasteiger partial charge in [-0.15, -0.1) is 11.3 Å². The molecule has 0 saturated carbocycles. The number of para-hydroxylation sites is 1. The molecule has 0 saturated heterocycles. The number of nitrogens with zero attached hydrogens (tertiary/aromatic N) is 1. The minimum absolute atomic E-state index is 0.316. The molecule has 100 valence electrons. The van der Waals surface area contributed by atoms with E-state index in [2.05, 4.69) is 18.1 Å². The first-order valence-corrected chi connectivity index (χ1v) is 7.09. The summed E-state index contributed by atoms with van der Waals surface area (Å²) in [5, 5.41) is 6.95. The Hall–Kier alpha value is -1.37. The molecule has 2 rings (SSSR count). The highest BCUT2D eigenvalue weighted by Crippen LogP contribution is 2.31. The van der Waals surface area contributed by atoms with Crippen LogP contribution in [0.15, 0.2) is 29.0 Å². The van der Waals surface area contributed by atoms with Gasteiger partial charge in [0.15, 0.2) is 0 Å². The van der Waals surface area contributed by atoms with Gasteiger partial charge >= 0.3 is 6.03 Å². The Kier molecular flexibility index (Phi) is 4.24. The maximum absolute atomic E-state index is 12.1. The number of hydrogen-bond donors (Lipinski definition) is 3. The molecule has 1 aromatic carbocycles. The number of hydrogen-bond acceptors (Lipinski definition) is 4. The minimum atomic E-state index is -0.390. The van der Waals surface area contributed by atoms with Gasteiger partial charge in [-0.2, -0.15) is 0 Å². The molecule has 2 amide bonds. The number of aryl methyl sites for hydroxylation is 1. The lowest BCUT2D eigenvalue weighted by molar-refractivity contribution is 0.260. The van der Waals surface area contributed by atoms with Gasteiger partial charge in [-0.3, -0.25) is 0 Å². The molecule has 0 atom stereocenters. The summed E-state index contributed by atoms with van der Waals surface area (Å²) in [5.74, 6) is 0. The maximum Gasteiger partial charge on any atom is 0.336 e. The zero-order valence-corrected chi connectivity index (χ0v) is 12.5. The molecule has 4 nitrogen and oxygen atoms in total. The number of carbonyl (C=O) groups is 1. The molecule has 0 fully saturated rings. The van der Waals surface area contributed by atoms with Crippen LogP contribution in [0.25, 0.3) is 0 Å². The van der Waals surface area contributed by atoms with Crippen LogP contribution in [-0.2, 0) is 0 Å². The van der Waals surface area contributed by atoms with Crippen LogP contribution in [0.3, 0.4) is 0 Å². The summed E-state index contributed by atoms with van der Waals surface area (Å²) in [6.45, 7) is 1.92. The van der Waals surface area contributed by atoms with Crippen molar-refractivity contribution >= 4 is 58.8 Å². The summed E-state index contributed by atoms with van der Waals surface area (Å²) in [6.07, 6.45) is 0. The average molecular weight is 314 g/mol. The fraction of sp³-hybridized carbons (Fsp3) is 0.0833. The molecule has 0 spiro atoms. The van der Waals surface area contributed by atoms with Crippen molar-refractivity contribution in [2.75, 3.05) is 15.4 Å². The number of amides is 2. The summed E-state index contributed by atoms with van der Waals surface area (Å²) in [4.78, 5) is 12.1. The number of carbonyl (C=O) groups excluding carboxylic acids is 1. The third kappa shape index (κ3) is 2.97. The standard InChI is InChI=1S/C12H12ClN3OS2/c1-7-5-19-6-9(7)15-12(17)16(18)10-4-2-3-8(13)11(10)14/h2-6,18H,14H2,1H3,(H,15,17). The fourth-order valence-corrected chi connectivity index (χ4v) is 2.65. The number of nitrogen functional groups attached to an aromatic ring is 1. The topological polar surface area (TPSA) is 58.4 Å². The number of thiophene rings is 1. The first-order valence-electron chi connectivity index (χ1n) is 5.37. The van der Waals surface area contributed by atoms with Crippen LogP contribution in [0, 0.1) is 6.92 Å². The Morgan fingerprint density at radius 3 is 2.84 bits per heavy atom. The maximum atomic E-state index is 12.1. The summed E-state index contributed by atoms with van der Waals surface area (Å²) < 4.78 is 1.14. The third-order valence-corrected chi connectivity index (χ3v) is 4.14. The van der Waals surface area contributed by atoms with Gasteiger partial charge in [0.05, 0.1) is 22.1 Å². The number of nitrogens with two attached hydrogens (primary N) is 1. The number of rotatable bonds is 2. The summed E-state index contributed by atoms with van der Waals surface area (Å²) >= 11 is 11.6. The number of anilines is 3. The van der Waals surface area contributed by atoms with Gasteiger partial charge < -0.3 is 11.1 Å². The second-order valence-corrected chi connectivity index (χ2v) is 5.43. The van der Waals surface area contributed by atoms with Gasteiger partial charge in [0, 0.05) is 5.38 Å². The van der Waals surface area contributed by atoms with Crippen molar-refractivity contribution in [3.8, 4) is 0 Å². The Morgan fingerprint density at radius 1 is 1.47 bits per heavy atom. The average Bonchev–Trinajstić information content (AvgIpc) is 2.77. The zero-order valence-electron chi connectivity index (χ0n) is 10.1. The first-order chi connectivity index (χ1) is 9.00. The van der Waals surface area contributed by atoms with Crippen molar-refractivity contribution < 1.29 is 4.79 Å². The molecule has 1 aromatic heterocycles. The van der Waals surface area contributed by atoms with Gasteiger partial charge in [0.2, 0.25) is 0 Å². The minimum Gasteiger partial charge on any atom is -0.396 e. The molecule has 0 radical (unpaired) electrons. The van der Waals surface area contributed by atoms with Crippen LogP contribution in [0.5, 0.6) is 0 Å². The van der Waals surface area contributed by atoms with Gasteiger partial charge in [-0.25, -0.2) is 9.10 Å². The van der Waals surface area contributed by atoms with Crippen LogP contribution in [0.4, 0.5) is 21.9 Å². The van der Waals surface area contributed by atoms with E-state index in [0.29, 0.717) is 16.4 Å². The predicted octanol–water partition coefficient (Wildman–Crippen LogP) is 4.18. The van der Waals surface area contributed by atoms with Crippen LogP contribution < -0.4 is 15.4 Å². The smallest absolute Gasteiger partial charge is 0.336 e. The number of halogens is 1. The Balaban J connectivity index is 2.20. The van der Waals surface area contributed by atoms with E-state index in [9.17, 15) is 4.79 Å². The quantitative estimate of drug-likeness (QED) is 0.575. The largest absolute Gasteiger partial charge is 0.396 e. The second kappa shape index (κ2) is 5.73. The number of urea groups is 1. The molecule has 0 bridgehead atoms. The molecule has 2 aromatic rings. The van der Waals surface area contributed by atoms with Gasteiger partial charge in [0.25, 0.3) is 0 Å². The lowest BCUT2D eigenvalue weighted by Crippen LogP contribution is -2.27. The number of thiol groups is 1. The van der Waals surface area contributed by atoms with Gasteiger partial charge in [-0.1, -0.05) is 30.5 Å². The lowest BCUT2D eigenvalue weighted by Gasteiger charge is -2.18. The predicted molar refractivity (Wildman–Crippen MR) is 85.4 cm³/mol. The van der Waals surface area contributed by atoms with Crippen molar-refractivity contribution in [3.63, 3.8) is 0 Å². The van der Waals surface area contributed by atoms with Crippen molar-refractivity contribution in [1.82, 2.24) is 0 Å². The van der Waals surface area contributed by atoms with Crippen molar-refractivity contribution in [2.45, 2.75) is 6.92 Å².